The number of guanidine groups is 1. The highest BCUT2D eigenvalue weighted by Crippen LogP contribution is 2.20. The Morgan fingerprint density at radius 1 is 1.25 bits per heavy atom. The lowest BCUT2D eigenvalue weighted by Gasteiger charge is -2.37. The summed E-state index contributed by atoms with van der Waals surface area (Å²) in [6, 6.07) is 6.80. The normalized spacial score (nSPS) is 16.4. The van der Waals surface area contributed by atoms with E-state index in [2.05, 4.69) is 15.2 Å². The molecule has 1 N–H and O–H groups in total. The Bertz CT molecular complexity index is 670. The minimum atomic E-state index is -2.93. The summed E-state index contributed by atoms with van der Waals surface area (Å²) in [7, 11) is -1.22. The van der Waals surface area contributed by atoms with E-state index < -0.39 is 9.84 Å². The van der Waals surface area contributed by atoms with Gasteiger partial charge in [0.2, 0.25) is 0 Å². The molecular weight excluding hydrogens is 331 g/mol. The van der Waals surface area contributed by atoms with Gasteiger partial charge in [0.15, 0.2) is 5.96 Å². The van der Waals surface area contributed by atoms with Gasteiger partial charge in [-0.05, 0) is 18.6 Å². The Morgan fingerprint density at radius 3 is 2.50 bits per heavy atom. The van der Waals surface area contributed by atoms with Crippen LogP contribution in [0.4, 0.5) is 10.1 Å². The lowest BCUT2D eigenvalue weighted by molar-refractivity contribution is 0.371. The number of sulfone groups is 1. The zero-order valence-electron chi connectivity index (χ0n) is 14.2. The standard InChI is InChI=1S/C16H25FN4O2S/c1-18-16(19-8-5-13-24(2,22)23)21-11-9-20(10-12-21)15-7-4-3-6-14(15)17/h3-4,6-7H,5,8-13H2,1-2H3,(H,18,19). The third kappa shape index (κ3) is 5.36. The van der Waals surface area contributed by atoms with Crippen molar-refractivity contribution >= 4 is 21.5 Å². The van der Waals surface area contributed by atoms with E-state index in [4.69, 9.17) is 0 Å². The number of rotatable bonds is 5. The number of hydrogen-bond donors (Lipinski definition) is 1. The predicted octanol–water partition coefficient (Wildman–Crippen LogP) is 0.958. The maximum Gasteiger partial charge on any atom is 0.193 e. The van der Waals surface area contributed by atoms with Crippen molar-refractivity contribution in [1.29, 1.82) is 0 Å². The van der Waals surface area contributed by atoms with Crippen LogP contribution in [0, 0.1) is 5.82 Å². The second kappa shape index (κ2) is 8.32. The van der Waals surface area contributed by atoms with Gasteiger partial charge in [0.05, 0.1) is 11.4 Å². The van der Waals surface area contributed by atoms with Crippen LogP contribution in [0.5, 0.6) is 0 Å². The average molecular weight is 356 g/mol. The minimum absolute atomic E-state index is 0.165. The number of nitrogens with zero attached hydrogens (tertiary/aromatic N) is 3. The molecule has 0 aromatic heterocycles. The first kappa shape index (κ1) is 18.5. The minimum Gasteiger partial charge on any atom is -0.366 e. The lowest BCUT2D eigenvalue weighted by Crippen LogP contribution is -2.52. The van der Waals surface area contributed by atoms with Gasteiger partial charge in [-0.3, -0.25) is 4.99 Å². The molecule has 2 rings (SSSR count). The molecule has 0 bridgehead atoms. The molecule has 0 unspecified atom stereocenters. The quantitative estimate of drug-likeness (QED) is 0.484. The predicted molar refractivity (Wildman–Crippen MR) is 95.9 cm³/mol. The largest absolute Gasteiger partial charge is 0.366 e. The lowest BCUT2D eigenvalue weighted by atomic mass is 10.2. The van der Waals surface area contributed by atoms with Crippen molar-refractivity contribution in [1.82, 2.24) is 10.2 Å². The van der Waals surface area contributed by atoms with Crippen LogP contribution < -0.4 is 10.2 Å². The fourth-order valence-electron chi connectivity index (χ4n) is 2.73. The Kier molecular flexibility index (Phi) is 6.42. The van der Waals surface area contributed by atoms with Crippen molar-refractivity contribution in [2.45, 2.75) is 6.42 Å². The van der Waals surface area contributed by atoms with Crippen molar-refractivity contribution in [2.75, 3.05) is 56.7 Å². The van der Waals surface area contributed by atoms with Crippen LogP contribution in [0.2, 0.25) is 0 Å². The number of benzene rings is 1. The van der Waals surface area contributed by atoms with Crippen molar-refractivity contribution in [3.8, 4) is 0 Å². The second-order valence-corrected chi connectivity index (χ2v) is 8.14. The third-order valence-electron chi connectivity index (χ3n) is 3.96. The zero-order chi connectivity index (χ0) is 17.6. The van der Waals surface area contributed by atoms with Gasteiger partial charge < -0.3 is 15.1 Å². The monoisotopic (exact) mass is 356 g/mol. The number of hydrogen-bond acceptors (Lipinski definition) is 4. The number of piperazine rings is 1. The summed E-state index contributed by atoms with van der Waals surface area (Å²) in [6.07, 6.45) is 1.79. The van der Waals surface area contributed by atoms with Gasteiger partial charge in [-0.2, -0.15) is 0 Å². The number of aliphatic imine (C=N–C) groups is 1. The molecule has 0 spiro atoms. The van der Waals surface area contributed by atoms with Gasteiger partial charge in [-0.25, -0.2) is 12.8 Å². The first-order valence-electron chi connectivity index (χ1n) is 8.03. The molecule has 0 radical (unpaired) electrons. The fraction of sp³-hybridized carbons (Fsp3) is 0.562. The summed E-state index contributed by atoms with van der Waals surface area (Å²) in [5.74, 6) is 0.726. The van der Waals surface area contributed by atoms with E-state index in [9.17, 15) is 12.8 Å². The van der Waals surface area contributed by atoms with Crippen LogP contribution >= 0.6 is 0 Å². The van der Waals surface area contributed by atoms with Crippen molar-refractivity contribution in [3.63, 3.8) is 0 Å². The first-order valence-corrected chi connectivity index (χ1v) is 10.1. The molecule has 0 atom stereocenters. The number of para-hydroxylation sites is 1. The average Bonchev–Trinajstić information content (AvgIpc) is 2.55. The van der Waals surface area contributed by atoms with Gasteiger partial charge in [-0.15, -0.1) is 0 Å². The summed E-state index contributed by atoms with van der Waals surface area (Å²) in [5.41, 5.74) is 0.633. The molecule has 1 fully saturated rings. The van der Waals surface area contributed by atoms with Gasteiger partial charge in [0, 0.05) is 46.0 Å². The van der Waals surface area contributed by atoms with E-state index in [1.165, 1.54) is 12.3 Å². The van der Waals surface area contributed by atoms with Crippen LogP contribution in [0.25, 0.3) is 0 Å². The van der Waals surface area contributed by atoms with Crippen molar-refractivity contribution < 1.29 is 12.8 Å². The summed E-state index contributed by atoms with van der Waals surface area (Å²) in [6.45, 7) is 3.46. The van der Waals surface area contributed by atoms with Gasteiger partial charge in [-0.1, -0.05) is 12.1 Å². The van der Waals surface area contributed by atoms with Gasteiger partial charge >= 0.3 is 0 Å². The maximum atomic E-state index is 13.9. The summed E-state index contributed by atoms with van der Waals surface area (Å²) in [5, 5.41) is 3.20. The molecule has 134 valence electrons. The van der Waals surface area contributed by atoms with Gasteiger partial charge in [0.1, 0.15) is 15.7 Å². The molecule has 1 aliphatic heterocycles. The molecule has 1 heterocycles. The maximum absolute atomic E-state index is 13.9. The molecular formula is C16H25FN4O2S. The molecule has 1 saturated heterocycles. The van der Waals surface area contributed by atoms with Crippen LogP contribution in [-0.2, 0) is 9.84 Å². The molecule has 8 heteroatoms. The number of anilines is 1. The molecule has 6 nitrogen and oxygen atoms in total. The first-order chi connectivity index (χ1) is 11.4. The molecule has 24 heavy (non-hydrogen) atoms. The van der Waals surface area contributed by atoms with Crippen LogP contribution in [0.1, 0.15) is 6.42 Å². The topological polar surface area (TPSA) is 65.0 Å². The van der Waals surface area contributed by atoms with Crippen molar-refractivity contribution in [2.24, 2.45) is 4.99 Å². The smallest absolute Gasteiger partial charge is 0.193 e. The molecule has 0 amide bonds. The van der Waals surface area contributed by atoms with E-state index in [0.29, 0.717) is 31.7 Å². The molecule has 1 aliphatic rings. The molecule has 1 aromatic carbocycles. The van der Waals surface area contributed by atoms with Crippen molar-refractivity contribution in [3.05, 3.63) is 30.1 Å². The molecule has 1 aromatic rings. The third-order valence-corrected chi connectivity index (χ3v) is 4.99. The number of halogens is 1. The summed E-state index contributed by atoms with van der Waals surface area (Å²) >= 11 is 0. The highest BCUT2D eigenvalue weighted by atomic mass is 32.2. The van der Waals surface area contributed by atoms with E-state index in [1.807, 2.05) is 11.0 Å². The Morgan fingerprint density at radius 2 is 1.92 bits per heavy atom. The summed E-state index contributed by atoms with van der Waals surface area (Å²) < 4.78 is 36.1. The highest BCUT2D eigenvalue weighted by molar-refractivity contribution is 7.90. The Labute approximate surface area is 143 Å². The Balaban J connectivity index is 1.83. The Hall–Kier alpha value is -1.83. The number of nitrogens with one attached hydrogen (secondary N) is 1. The van der Waals surface area contributed by atoms with Crippen LogP contribution in [0.15, 0.2) is 29.3 Å². The van der Waals surface area contributed by atoms with Crippen LogP contribution in [0.3, 0.4) is 0 Å². The highest BCUT2D eigenvalue weighted by Gasteiger charge is 2.21. The zero-order valence-corrected chi connectivity index (χ0v) is 15.0. The molecule has 0 saturated carbocycles. The van der Waals surface area contributed by atoms with E-state index >= 15 is 0 Å². The molecule has 0 aliphatic carbocycles. The SMILES string of the molecule is CN=C(NCCCS(C)(=O)=O)N1CCN(c2ccccc2F)CC1. The van der Waals surface area contributed by atoms with E-state index in [1.54, 1.807) is 19.2 Å². The van der Waals surface area contributed by atoms with E-state index in [-0.39, 0.29) is 11.6 Å². The van der Waals surface area contributed by atoms with Crippen LogP contribution in [-0.4, -0.2) is 71.1 Å². The summed E-state index contributed by atoms with van der Waals surface area (Å²) in [4.78, 5) is 8.39. The van der Waals surface area contributed by atoms with Gasteiger partial charge in [0.25, 0.3) is 0 Å². The second-order valence-electron chi connectivity index (χ2n) is 5.88. The fourth-order valence-corrected chi connectivity index (χ4v) is 3.40. The van der Waals surface area contributed by atoms with E-state index in [0.717, 1.165) is 19.0 Å².